The van der Waals surface area contributed by atoms with Crippen molar-refractivity contribution in [1.29, 1.82) is 0 Å². The number of nitrogen functional groups attached to an aromatic ring is 1. The fourth-order valence-electron chi connectivity index (χ4n) is 1.83. The number of thioether (sulfide) groups is 1. The van der Waals surface area contributed by atoms with E-state index in [-0.39, 0.29) is 5.56 Å². The molecule has 21 heavy (non-hydrogen) atoms. The van der Waals surface area contributed by atoms with Crippen LogP contribution in [0.1, 0.15) is 5.69 Å². The van der Waals surface area contributed by atoms with Crippen LogP contribution in [0.4, 0.5) is 5.69 Å². The van der Waals surface area contributed by atoms with E-state index >= 15 is 0 Å². The molecule has 0 saturated carbocycles. The molecule has 3 heterocycles. The number of hydrogen-bond donors (Lipinski definition) is 1. The smallest absolute Gasteiger partial charge is 0.258 e. The van der Waals surface area contributed by atoms with Crippen LogP contribution in [-0.4, -0.2) is 14.4 Å². The van der Waals surface area contributed by atoms with E-state index in [4.69, 9.17) is 17.3 Å². The molecule has 0 saturated heterocycles. The van der Waals surface area contributed by atoms with Crippen molar-refractivity contribution < 1.29 is 0 Å². The van der Waals surface area contributed by atoms with Crippen LogP contribution in [0.5, 0.6) is 0 Å². The van der Waals surface area contributed by atoms with Crippen molar-refractivity contribution in [1.82, 2.24) is 14.4 Å². The Kier molecular flexibility index (Phi) is 3.81. The molecule has 0 unspecified atom stereocenters. The summed E-state index contributed by atoms with van der Waals surface area (Å²) in [5.41, 5.74) is 7.34. The standard InChI is InChI=1S/C14H11ClN4OS/c15-9-1-3-12-18-11(5-14(20)19(12)7-9)8-21-13-4-2-10(16)6-17-13/h1-7H,8,16H2. The Balaban J connectivity index is 1.86. The van der Waals surface area contributed by atoms with E-state index < -0.39 is 0 Å². The molecule has 0 aromatic carbocycles. The maximum atomic E-state index is 12.0. The zero-order chi connectivity index (χ0) is 14.8. The first-order valence-electron chi connectivity index (χ1n) is 6.14. The average molecular weight is 319 g/mol. The van der Waals surface area contributed by atoms with Crippen molar-refractivity contribution in [2.75, 3.05) is 5.73 Å². The maximum Gasteiger partial charge on any atom is 0.258 e. The highest BCUT2D eigenvalue weighted by Crippen LogP contribution is 2.20. The summed E-state index contributed by atoms with van der Waals surface area (Å²) in [6.45, 7) is 0. The van der Waals surface area contributed by atoms with E-state index in [1.165, 1.54) is 22.2 Å². The number of halogens is 1. The van der Waals surface area contributed by atoms with Gasteiger partial charge in [0.2, 0.25) is 0 Å². The van der Waals surface area contributed by atoms with Crippen molar-refractivity contribution in [2.24, 2.45) is 0 Å². The minimum absolute atomic E-state index is 0.150. The topological polar surface area (TPSA) is 73.3 Å². The van der Waals surface area contributed by atoms with Gasteiger partial charge in [-0.3, -0.25) is 9.20 Å². The zero-order valence-electron chi connectivity index (χ0n) is 10.9. The van der Waals surface area contributed by atoms with Crippen LogP contribution in [-0.2, 0) is 5.75 Å². The fourth-order valence-corrected chi connectivity index (χ4v) is 2.72. The van der Waals surface area contributed by atoms with Crippen LogP contribution in [0.25, 0.3) is 5.65 Å². The monoisotopic (exact) mass is 318 g/mol. The summed E-state index contributed by atoms with van der Waals surface area (Å²) < 4.78 is 1.43. The third-order valence-corrected chi connectivity index (χ3v) is 4.00. The molecule has 0 bridgehead atoms. The van der Waals surface area contributed by atoms with E-state index in [0.717, 1.165) is 5.03 Å². The lowest BCUT2D eigenvalue weighted by Crippen LogP contribution is -2.15. The van der Waals surface area contributed by atoms with E-state index in [0.29, 0.717) is 27.8 Å². The molecule has 5 nitrogen and oxygen atoms in total. The van der Waals surface area contributed by atoms with Gasteiger partial charge in [0.15, 0.2) is 0 Å². The third-order valence-electron chi connectivity index (χ3n) is 2.80. The SMILES string of the molecule is Nc1ccc(SCc2cc(=O)n3cc(Cl)ccc3n2)nc1. The van der Waals surface area contributed by atoms with Gasteiger partial charge in [-0.15, -0.1) is 11.8 Å². The largest absolute Gasteiger partial charge is 0.397 e. The highest BCUT2D eigenvalue weighted by Gasteiger charge is 2.04. The minimum Gasteiger partial charge on any atom is -0.397 e. The van der Waals surface area contributed by atoms with Gasteiger partial charge in [0.05, 0.1) is 27.6 Å². The molecule has 3 aromatic rings. The average Bonchev–Trinajstić information content (AvgIpc) is 2.47. The molecule has 7 heteroatoms. The second kappa shape index (κ2) is 5.75. The van der Waals surface area contributed by atoms with Gasteiger partial charge >= 0.3 is 0 Å². The molecule has 0 aliphatic heterocycles. The highest BCUT2D eigenvalue weighted by molar-refractivity contribution is 7.98. The number of anilines is 1. The molecule has 0 aliphatic carbocycles. The summed E-state index contributed by atoms with van der Waals surface area (Å²) in [4.78, 5) is 20.7. The molecule has 2 N–H and O–H groups in total. The van der Waals surface area contributed by atoms with Crippen LogP contribution in [0.3, 0.4) is 0 Å². The van der Waals surface area contributed by atoms with Crippen LogP contribution < -0.4 is 11.3 Å². The van der Waals surface area contributed by atoms with Crippen molar-refractivity contribution in [2.45, 2.75) is 10.8 Å². The second-order valence-corrected chi connectivity index (χ2v) is 5.81. The van der Waals surface area contributed by atoms with Crippen LogP contribution in [0.15, 0.2) is 52.5 Å². The molecule has 3 aromatic heterocycles. The Morgan fingerprint density at radius 1 is 1.29 bits per heavy atom. The maximum absolute atomic E-state index is 12.0. The predicted molar refractivity (Wildman–Crippen MR) is 84.7 cm³/mol. The van der Waals surface area contributed by atoms with Gasteiger partial charge < -0.3 is 5.73 Å². The van der Waals surface area contributed by atoms with Gasteiger partial charge in [-0.1, -0.05) is 11.6 Å². The van der Waals surface area contributed by atoms with Crippen molar-refractivity contribution >= 4 is 34.7 Å². The summed E-state index contributed by atoms with van der Waals surface area (Å²) in [7, 11) is 0. The molecule has 0 radical (unpaired) electrons. The molecule has 0 amide bonds. The van der Waals surface area contributed by atoms with Gasteiger partial charge in [-0.05, 0) is 24.3 Å². The third kappa shape index (κ3) is 3.17. The lowest BCUT2D eigenvalue weighted by atomic mass is 10.4. The summed E-state index contributed by atoms with van der Waals surface area (Å²) >= 11 is 7.37. The van der Waals surface area contributed by atoms with Crippen molar-refractivity contribution in [3.8, 4) is 0 Å². The molecule has 3 rings (SSSR count). The van der Waals surface area contributed by atoms with Gasteiger partial charge in [0.25, 0.3) is 5.56 Å². The molecular formula is C14H11ClN4OS. The Morgan fingerprint density at radius 3 is 2.90 bits per heavy atom. The van der Waals surface area contributed by atoms with Crippen LogP contribution in [0.2, 0.25) is 5.02 Å². The lowest BCUT2D eigenvalue weighted by Gasteiger charge is -2.04. The van der Waals surface area contributed by atoms with E-state index in [1.54, 1.807) is 30.6 Å². The number of nitrogens with zero attached hydrogens (tertiary/aromatic N) is 3. The minimum atomic E-state index is -0.150. The van der Waals surface area contributed by atoms with Crippen molar-refractivity contribution in [3.05, 3.63) is 63.8 Å². The van der Waals surface area contributed by atoms with Crippen LogP contribution in [0, 0.1) is 0 Å². The van der Waals surface area contributed by atoms with Crippen LogP contribution >= 0.6 is 23.4 Å². The first-order chi connectivity index (χ1) is 10.1. The molecule has 106 valence electrons. The Bertz CT molecular complexity index is 848. The van der Waals surface area contributed by atoms with Gasteiger partial charge in [-0.2, -0.15) is 0 Å². The van der Waals surface area contributed by atoms with Gasteiger partial charge in [-0.25, -0.2) is 9.97 Å². The summed E-state index contributed by atoms with van der Waals surface area (Å²) in [5.74, 6) is 0.561. The number of rotatable bonds is 3. The quantitative estimate of drug-likeness (QED) is 0.751. The summed E-state index contributed by atoms with van der Waals surface area (Å²) in [6, 6.07) is 8.57. The van der Waals surface area contributed by atoms with Crippen molar-refractivity contribution in [3.63, 3.8) is 0 Å². The number of nitrogens with two attached hydrogens (primary N) is 1. The number of pyridine rings is 2. The predicted octanol–water partition coefficient (Wildman–Crippen LogP) is 2.62. The second-order valence-electron chi connectivity index (χ2n) is 4.38. The highest BCUT2D eigenvalue weighted by atomic mass is 35.5. The molecular weight excluding hydrogens is 308 g/mol. The number of aromatic nitrogens is 3. The first kappa shape index (κ1) is 13.9. The molecule has 0 spiro atoms. The molecule has 0 fully saturated rings. The summed E-state index contributed by atoms with van der Waals surface area (Å²) in [6.07, 6.45) is 3.16. The Hall–Kier alpha value is -2.05. The van der Waals surface area contributed by atoms with Gasteiger partial charge in [0, 0.05) is 18.0 Å². The van der Waals surface area contributed by atoms with E-state index in [9.17, 15) is 4.79 Å². The Morgan fingerprint density at radius 2 is 2.14 bits per heavy atom. The zero-order valence-corrected chi connectivity index (χ0v) is 12.4. The summed E-state index contributed by atoms with van der Waals surface area (Å²) in [5, 5.41) is 1.34. The Labute approximate surface area is 129 Å². The molecule has 0 aliphatic rings. The number of fused-ring (bicyclic) bond motifs is 1. The normalized spacial score (nSPS) is 10.9. The van der Waals surface area contributed by atoms with E-state index in [2.05, 4.69) is 9.97 Å². The van der Waals surface area contributed by atoms with E-state index in [1.807, 2.05) is 6.07 Å². The molecule has 0 atom stereocenters. The first-order valence-corrected chi connectivity index (χ1v) is 7.50. The fraction of sp³-hybridized carbons (Fsp3) is 0.0714. The lowest BCUT2D eigenvalue weighted by molar-refractivity contribution is 1.01. The van der Waals surface area contributed by atoms with Gasteiger partial charge in [0.1, 0.15) is 5.65 Å². The number of hydrogen-bond acceptors (Lipinski definition) is 5.